The number of aromatic nitrogens is 1. The van der Waals surface area contributed by atoms with Crippen molar-refractivity contribution in [1.29, 1.82) is 0 Å². The van der Waals surface area contributed by atoms with Gasteiger partial charge in [0.15, 0.2) is 0 Å². The number of H-pyrrole nitrogens is 1. The quantitative estimate of drug-likeness (QED) is 0.764. The van der Waals surface area contributed by atoms with Gasteiger partial charge in [0.25, 0.3) is 0 Å². The van der Waals surface area contributed by atoms with Gasteiger partial charge in [0.05, 0.1) is 5.92 Å². The molecule has 1 aromatic heterocycles. The first-order chi connectivity index (χ1) is 10.9. The number of carbonyl (C=O) groups excluding carboxylic acids is 1. The Kier molecular flexibility index (Phi) is 5.26. The lowest BCUT2D eigenvalue weighted by Gasteiger charge is -2.20. The van der Waals surface area contributed by atoms with Crippen LogP contribution in [0.4, 0.5) is 4.79 Å². The molecule has 23 heavy (non-hydrogen) atoms. The van der Waals surface area contributed by atoms with Crippen LogP contribution < -0.4 is 5.32 Å². The monoisotopic (exact) mass is 317 g/mol. The fourth-order valence-corrected chi connectivity index (χ4v) is 2.66. The van der Waals surface area contributed by atoms with Gasteiger partial charge in [-0.25, -0.2) is 4.79 Å². The second-order valence-corrected chi connectivity index (χ2v) is 5.88. The summed E-state index contributed by atoms with van der Waals surface area (Å²) >= 11 is 0. The van der Waals surface area contributed by atoms with E-state index in [1.54, 1.807) is 14.0 Å². The summed E-state index contributed by atoms with van der Waals surface area (Å²) in [4.78, 5) is 27.6. The van der Waals surface area contributed by atoms with Crippen LogP contribution in [0.5, 0.6) is 0 Å². The van der Waals surface area contributed by atoms with Crippen molar-refractivity contribution in [2.24, 2.45) is 5.92 Å². The Labute approximate surface area is 135 Å². The van der Waals surface area contributed by atoms with E-state index in [-0.39, 0.29) is 12.6 Å². The van der Waals surface area contributed by atoms with Crippen molar-refractivity contribution < 1.29 is 14.7 Å². The lowest BCUT2D eigenvalue weighted by atomic mass is 10.1. The number of hydrogen-bond donors (Lipinski definition) is 3. The van der Waals surface area contributed by atoms with Gasteiger partial charge in [-0.15, -0.1) is 0 Å². The third kappa shape index (κ3) is 4.03. The topological polar surface area (TPSA) is 85.4 Å². The van der Waals surface area contributed by atoms with Crippen LogP contribution in [0.25, 0.3) is 10.9 Å². The standard InChI is InChI=1S/C17H23N3O3/c1-11(16(21)22)10-20(3)17(23)18-9-8-13-12(2)19-15-7-5-4-6-14(13)15/h4-7,11,19H,8-10H2,1-3H3,(H,18,23)(H,21,22). The number of amides is 2. The minimum Gasteiger partial charge on any atom is -0.481 e. The normalized spacial score (nSPS) is 12.1. The molecule has 1 aromatic carbocycles. The Hall–Kier alpha value is -2.50. The number of hydrogen-bond acceptors (Lipinski definition) is 2. The summed E-state index contributed by atoms with van der Waals surface area (Å²) in [5.74, 6) is -1.49. The predicted octanol–water partition coefficient (Wildman–Crippen LogP) is 2.38. The van der Waals surface area contributed by atoms with Gasteiger partial charge in [0.2, 0.25) is 0 Å². The van der Waals surface area contributed by atoms with Crippen molar-refractivity contribution in [2.45, 2.75) is 20.3 Å². The molecule has 6 heteroatoms. The number of nitrogens with one attached hydrogen (secondary N) is 2. The summed E-state index contributed by atoms with van der Waals surface area (Å²) in [6.07, 6.45) is 0.726. The van der Waals surface area contributed by atoms with Crippen LogP contribution in [0, 0.1) is 12.8 Å². The number of carbonyl (C=O) groups is 2. The van der Waals surface area contributed by atoms with Gasteiger partial charge in [-0.2, -0.15) is 0 Å². The highest BCUT2D eigenvalue weighted by molar-refractivity contribution is 5.84. The molecule has 3 N–H and O–H groups in total. The molecule has 0 bridgehead atoms. The van der Waals surface area contributed by atoms with E-state index < -0.39 is 11.9 Å². The lowest BCUT2D eigenvalue weighted by molar-refractivity contribution is -0.141. The first-order valence-electron chi connectivity index (χ1n) is 7.68. The fourth-order valence-electron chi connectivity index (χ4n) is 2.66. The number of benzene rings is 1. The number of aliphatic carboxylic acids is 1. The molecule has 0 aliphatic heterocycles. The smallest absolute Gasteiger partial charge is 0.317 e. The van der Waals surface area contributed by atoms with Crippen molar-refractivity contribution >= 4 is 22.9 Å². The maximum Gasteiger partial charge on any atom is 0.317 e. The Bertz CT molecular complexity index is 708. The molecule has 0 fully saturated rings. The number of para-hydroxylation sites is 1. The maximum absolute atomic E-state index is 12.0. The summed E-state index contributed by atoms with van der Waals surface area (Å²) < 4.78 is 0. The van der Waals surface area contributed by atoms with E-state index in [1.807, 2.05) is 25.1 Å². The molecule has 0 aliphatic rings. The molecular formula is C17H23N3O3. The number of aromatic amines is 1. The van der Waals surface area contributed by atoms with E-state index in [9.17, 15) is 9.59 Å². The van der Waals surface area contributed by atoms with Crippen molar-refractivity contribution in [3.63, 3.8) is 0 Å². The zero-order valence-electron chi connectivity index (χ0n) is 13.7. The highest BCUT2D eigenvalue weighted by Crippen LogP contribution is 2.21. The molecule has 2 rings (SSSR count). The van der Waals surface area contributed by atoms with Crippen molar-refractivity contribution in [1.82, 2.24) is 15.2 Å². The Morgan fingerprint density at radius 3 is 2.74 bits per heavy atom. The molecule has 0 aliphatic carbocycles. The van der Waals surface area contributed by atoms with Crippen LogP contribution in [0.1, 0.15) is 18.2 Å². The van der Waals surface area contributed by atoms with E-state index in [4.69, 9.17) is 5.11 Å². The molecule has 1 heterocycles. The number of carboxylic acids is 1. The van der Waals surface area contributed by atoms with Crippen LogP contribution in [0.15, 0.2) is 24.3 Å². The fraction of sp³-hybridized carbons (Fsp3) is 0.412. The number of urea groups is 1. The molecule has 0 saturated heterocycles. The van der Waals surface area contributed by atoms with E-state index >= 15 is 0 Å². The van der Waals surface area contributed by atoms with Crippen LogP contribution in [0.2, 0.25) is 0 Å². The summed E-state index contributed by atoms with van der Waals surface area (Å²) in [7, 11) is 1.60. The Balaban J connectivity index is 1.90. The molecule has 124 valence electrons. The van der Waals surface area contributed by atoms with E-state index in [2.05, 4.69) is 16.4 Å². The van der Waals surface area contributed by atoms with Gasteiger partial charge in [-0.1, -0.05) is 25.1 Å². The molecule has 1 atom stereocenters. The van der Waals surface area contributed by atoms with Gasteiger partial charge < -0.3 is 20.3 Å². The minimum atomic E-state index is -0.904. The van der Waals surface area contributed by atoms with Crippen LogP contribution in [-0.4, -0.2) is 47.1 Å². The Morgan fingerprint density at radius 1 is 1.35 bits per heavy atom. The van der Waals surface area contributed by atoms with Crippen LogP contribution in [0.3, 0.4) is 0 Å². The summed E-state index contributed by atoms with van der Waals surface area (Å²) in [5.41, 5.74) is 3.40. The average Bonchev–Trinajstić information content (AvgIpc) is 2.82. The van der Waals surface area contributed by atoms with Crippen molar-refractivity contribution in [3.05, 3.63) is 35.5 Å². The Morgan fingerprint density at radius 2 is 2.04 bits per heavy atom. The van der Waals surface area contributed by atoms with Gasteiger partial charge in [0.1, 0.15) is 0 Å². The second kappa shape index (κ2) is 7.17. The van der Waals surface area contributed by atoms with Crippen LogP contribution in [-0.2, 0) is 11.2 Å². The molecule has 2 amide bonds. The van der Waals surface area contributed by atoms with E-state index in [1.165, 1.54) is 15.8 Å². The lowest BCUT2D eigenvalue weighted by Crippen LogP contribution is -2.41. The van der Waals surface area contributed by atoms with Gasteiger partial charge in [-0.05, 0) is 25.0 Å². The van der Waals surface area contributed by atoms with Gasteiger partial charge in [0, 0.05) is 36.7 Å². The van der Waals surface area contributed by atoms with Gasteiger partial charge >= 0.3 is 12.0 Å². The zero-order valence-corrected chi connectivity index (χ0v) is 13.7. The predicted molar refractivity (Wildman–Crippen MR) is 89.6 cm³/mol. The summed E-state index contributed by atoms with van der Waals surface area (Å²) in [6, 6.07) is 7.83. The molecule has 0 radical (unpaired) electrons. The number of carboxylic acid groups (broad SMARTS) is 1. The molecule has 0 saturated carbocycles. The highest BCUT2D eigenvalue weighted by atomic mass is 16.4. The minimum absolute atomic E-state index is 0.188. The summed E-state index contributed by atoms with van der Waals surface area (Å²) in [5, 5.41) is 12.9. The average molecular weight is 317 g/mol. The van der Waals surface area contributed by atoms with Crippen LogP contribution >= 0.6 is 0 Å². The molecular weight excluding hydrogens is 294 g/mol. The third-order valence-electron chi connectivity index (χ3n) is 3.99. The van der Waals surface area contributed by atoms with Gasteiger partial charge in [-0.3, -0.25) is 4.79 Å². The summed E-state index contributed by atoms with van der Waals surface area (Å²) in [6.45, 7) is 4.31. The zero-order chi connectivity index (χ0) is 17.0. The third-order valence-corrected chi connectivity index (χ3v) is 3.99. The number of fused-ring (bicyclic) bond motifs is 1. The molecule has 6 nitrogen and oxygen atoms in total. The van der Waals surface area contributed by atoms with E-state index in [0.717, 1.165) is 17.6 Å². The second-order valence-electron chi connectivity index (χ2n) is 5.88. The number of rotatable bonds is 6. The van der Waals surface area contributed by atoms with Crippen molar-refractivity contribution in [2.75, 3.05) is 20.1 Å². The largest absolute Gasteiger partial charge is 0.481 e. The molecule has 0 spiro atoms. The first kappa shape index (κ1) is 16.9. The SMILES string of the molecule is Cc1[nH]c2ccccc2c1CCNC(=O)N(C)CC(C)C(=O)O. The van der Waals surface area contributed by atoms with Crippen molar-refractivity contribution in [3.8, 4) is 0 Å². The van der Waals surface area contributed by atoms with E-state index in [0.29, 0.717) is 6.54 Å². The first-order valence-corrected chi connectivity index (χ1v) is 7.68. The molecule has 2 aromatic rings. The molecule has 1 unspecified atom stereocenters. The number of nitrogens with zero attached hydrogens (tertiary/aromatic N) is 1. The maximum atomic E-state index is 12.0. The highest BCUT2D eigenvalue weighted by Gasteiger charge is 2.17. The number of aryl methyl sites for hydroxylation is 1.